The average Bonchev–Trinajstić information content (AvgIpc) is 3.52. The van der Waals surface area contributed by atoms with Crippen LogP contribution in [-0.2, 0) is 22.7 Å². The van der Waals surface area contributed by atoms with Crippen LogP contribution in [0.15, 0.2) is 84.9 Å². The van der Waals surface area contributed by atoms with E-state index in [1.807, 2.05) is 60.7 Å². The number of hydrogen-bond acceptors (Lipinski definition) is 4. The van der Waals surface area contributed by atoms with Crippen molar-refractivity contribution in [3.05, 3.63) is 107 Å². The number of carboxylic acid groups (broad SMARTS) is 1. The SMILES string of the molecule is O=C(O)c1ccc(C(=O)C2[C@@H](COCc3ccccc3)[C@H]2COCc2ccccc2)cc1. The van der Waals surface area contributed by atoms with E-state index in [2.05, 4.69) is 0 Å². The zero-order chi connectivity index (χ0) is 22.3. The number of aromatic carboxylic acids is 1. The second-order valence-corrected chi connectivity index (χ2v) is 8.10. The summed E-state index contributed by atoms with van der Waals surface area (Å²) in [6.45, 7) is 1.97. The van der Waals surface area contributed by atoms with E-state index < -0.39 is 5.97 Å². The van der Waals surface area contributed by atoms with Crippen molar-refractivity contribution in [3.63, 3.8) is 0 Å². The van der Waals surface area contributed by atoms with E-state index in [1.54, 1.807) is 12.1 Å². The van der Waals surface area contributed by atoms with Gasteiger partial charge in [0.05, 0.1) is 32.0 Å². The fourth-order valence-electron chi connectivity index (χ4n) is 4.03. The van der Waals surface area contributed by atoms with E-state index in [0.717, 1.165) is 11.1 Å². The topological polar surface area (TPSA) is 72.8 Å². The number of benzene rings is 3. The Hall–Kier alpha value is -3.28. The minimum absolute atomic E-state index is 0.0172. The highest BCUT2D eigenvalue weighted by Gasteiger charge is 2.54. The van der Waals surface area contributed by atoms with Gasteiger partial charge in [0.1, 0.15) is 0 Å². The molecule has 32 heavy (non-hydrogen) atoms. The number of rotatable bonds is 11. The van der Waals surface area contributed by atoms with Crippen LogP contribution < -0.4 is 0 Å². The molecule has 0 aromatic heterocycles. The van der Waals surface area contributed by atoms with Crippen LogP contribution in [0.2, 0.25) is 0 Å². The summed E-state index contributed by atoms with van der Waals surface area (Å²) in [4.78, 5) is 24.2. The third-order valence-corrected chi connectivity index (χ3v) is 5.89. The molecule has 1 fully saturated rings. The molecule has 3 aromatic carbocycles. The van der Waals surface area contributed by atoms with Crippen LogP contribution in [0, 0.1) is 17.8 Å². The molecule has 1 aliphatic rings. The normalized spacial score (nSPS) is 19.4. The first-order valence-electron chi connectivity index (χ1n) is 10.7. The standard InChI is InChI=1S/C27H26O5/c28-26(21-11-13-22(14-12-21)27(29)30)25-23(17-31-15-19-7-3-1-4-8-19)24(25)18-32-16-20-9-5-2-6-10-20/h1-14,23-25H,15-18H2,(H,29,30)/t23-,24+,25?. The summed E-state index contributed by atoms with van der Waals surface area (Å²) in [5.41, 5.74) is 2.88. The number of ketones is 1. The van der Waals surface area contributed by atoms with Gasteiger partial charge in [-0.3, -0.25) is 4.79 Å². The first-order chi connectivity index (χ1) is 15.6. The van der Waals surface area contributed by atoms with E-state index in [1.165, 1.54) is 12.1 Å². The maximum Gasteiger partial charge on any atom is 0.335 e. The molecule has 0 radical (unpaired) electrons. The summed E-state index contributed by atoms with van der Waals surface area (Å²) in [5, 5.41) is 9.08. The van der Waals surface area contributed by atoms with Crippen LogP contribution >= 0.6 is 0 Å². The van der Waals surface area contributed by atoms with Crippen molar-refractivity contribution in [3.8, 4) is 0 Å². The van der Waals surface area contributed by atoms with E-state index in [9.17, 15) is 9.59 Å². The Balaban J connectivity index is 1.37. The second kappa shape index (κ2) is 10.4. The molecular weight excluding hydrogens is 404 g/mol. The largest absolute Gasteiger partial charge is 0.478 e. The third-order valence-electron chi connectivity index (χ3n) is 5.89. The molecule has 3 aromatic rings. The van der Waals surface area contributed by atoms with Gasteiger partial charge in [-0.15, -0.1) is 0 Å². The van der Waals surface area contributed by atoms with E-state index in [0.29, 0.717) is 32.0 Å². The smallest absolute Gasteiger partial charge is 0.335 e. The molecule has 1 saturated carbocycles. The minimum atomic E-state index is -1.00. The molecule has 4 rings (SSSR count). The fourth-order valence-corrected chi connectivity index (χ4v) is 4.03. The van der Waals surface area contributed by atoms with Crippen molar-refractivity contribution < 1.29 is 24.2 Å². The van der Waals surface area contributed by atoms with Crippen LogP contribution in [0.5, 0.6) is 0 Å². The quantitative estimate of drug-likeness (QED) is 0.440. The molecule has 1 N–H and O–H groups in total. The van der Waals surface area contributed by atoms with E-state index in [-0.39, 0.29) is 29.1 Å². The summed E-state index contributed by atoms with van der Waals surface area (Å²) in [6.07, 6.45) is 0. The molecule has 0 bridgehead atoms. The molecule has 1 aliphatic carbocycles. The predicted octanol–water partition coefficient (Wildman–Crippen LogP) is 4.86. The molecule has 0 amide bonds. The van der Waals surface area contributed by atoms with Crippen LogP contribution in [0.4, 0.5) is 0 Å². The predicted molar refractivity (Wildman–Crippen MR) is 120 cm³/mol. The Morgan fingerprint density at radius 2 is 1.09 bits per heavy atom. The molecule has 3 atom stereocenters. The first kappa shape index (κ1) is 21.9. The Morgan fingerprint density at radius 1 is 0.656 bits per heavy atom. The Kier molecular flexibility index (Phi) is 7.10. The number of hydrogen-bond donors (Lipinski definition) is 1. The lowest BCUT2D eigenvalue weighted by Gasteiger charge is -2.05. The summed E-state index contributed by atoms with van der Waals surface area (Å²) in [7, 11) is 0. The molecule has 0 spiro atoms. The van der Waals surface area contributed by atoms with Gasteiger partial charge in [0, 0.05) is 11.5 Å². The molecule has 0 heterocycles. The molecule has 1 unspecified atom stereocenters. The van der Waals surface area contributed by atoms with Gasteiger partial charge in [0.25, 0.3) is 0 Å². The lowest BCUT2D eigenvalue weighted by molar-refractivity contribution is 0.0696. The van der Waals surface area contributed by atoms with Crippen LogP contribution in [0.1, 0.15) is 31.8 Å². The van der Waals surface area contributed by atoms with Gasteiger partial charge < -0.3 is 14.6 Å². The van der Waals surface area contributed by atoms with Crippen LogP contribution in [0.3, 0.4) is 0 Å². The van der Waals surface area contributed by atoms with E-state index >= 15 is 0 Å². The van der Waals surface area contributed by atoms with Crippen molar-refractivity contribution >= 4 is 11.8 Å². The maximum atomic E-state index is 13.1. The summed E-state index contributed by atoms with van der Waals surface area (Å²) >= 11 is 0. The van der Waals surface area contributed by atoms with Crippen molar-refractivity contribution in [1.29, 1.82) is 0 Å². The molecule has 164 valence electrons. The number of carbonyl (C=O) groups excluding carboxylic acids is 1. The second-order valence-electron chi connectivity index (χ2n) is 8.10. The highest BCUT2D eigenvalue weighted by molar-refractivity contribution is 6.00. The van der Waals surface area contributed by atoms with Crippen molar-refractivity contribution in [2.24, 2.45) is 17.8 Å². The van der Waals surface area contributed by atoms with Gasteiger partial charge in [-0.05, 0) is 35.1 Å². The molecule has 0 saturated heterocycles. The minimum Gasteiger partial charge on any atom is -0.478 e. The number of ether oxygens (including phenoxy) is 2. The van der Waals surface area contributed by atoms with Crippen molar-refractivity contribution in [2.45, 2.75) is 13.2 Å². The van der Waals surface area contributed by atoms with Gasteiger partial charge in [-0.25, -0.2) is 4.79 Å². The zero-order valence-electron chi connectivity index (χ0n) is 17.7. The summed E-state index contributed by atoms with van der Waals surface area (Å²) < 4.78 is 11.8. The van der Waals surface area contributed by atoms with Gasteiger partial charge in [0.15, 0.2) is 5.78 Å². The lowest BCUT2D eigenvalue weighted by atomic mass is 10.0. The van der Waals surface area contributed by atoms with Crippen LogP contribution in [-0.4, -0.2) is 30.1 Å². The van der Waals surface area contributed by atoms with Gasteiger partial charge >= 0.3 is 5.97 Å². The highest BCUT2D eigenvalue weighted by atomic mass is 16.5. The third kappa shape index (κ3) is 5.49. The zero-order valence-corrected chi connectivity index (χ0v) is 17.7. The number of Topliss-reactive ketones (excluding diaryl/α,β-unsaturated/α-hetero) is 1. The van der Waals surface area contributed by atoms with Gasteiger partial charge in [-0.2, -0.15) is 0 Å². The highest BCUT2D eigenvalue weighted by Crippen LogP contribution is 2.48. The van der Waals surface area contributed by atoms with Gasteiger partial charge in [-0.1, -0.05) is 72.8 Å². The Labute approximate surface area is 187 Å². The average molecular weight is 431 g/mol. The monoisotopic (exact) mass is 430 g/mol. The number of carboxylic acids is 1. The van der Waals surface area contributed by atoms with E-state index in [4.69, 9.17) is 14.6 Å². The molecular formula is C27H26O5. The summed E-state index contributed by atoms with van der Waals surface area (Å²) in [5.74, 6) is -1.00. The van der Waals surface area contributed by atoms with Crippen molar-refractivity contribution in [1.82, 2.24) is 0 Å². The fraction of sp³-hybridized carbons (Fsp3) is 0.259. The van der Waals surface area contributed by atoms with Gasteiger partial charge in [0.2, 0.25) is 0 Å². The van der Waals surface area contributed by atoms with Crippen LogP contribution in [0.25, 0.3) is 0 Å². The lowest BCUT2D eigenvalue weighted by Crippen LogP contribution is -2.08. The van der Waals surface area contributed by atoms with Crippen molar-refractivity contribution in [2.75, 3.05) is 13.2 Å². The maximum absolute atomic E-state index is 13.1. The first-order valence-corrected chi connectivity index (χ1v) is 10.7. The molecule has 5 nitrogen and oxygen atoms in total. The Bertz CT molecular complexity index is 979. The molecule has 5 heteroatoms. The molecule has 0 aliphatic heterocycles. The summed E-state index contributed by atoms with van der Waals surface area (Å²) in [6, 6.07) is 26.0. The number of carbonyl (C=O) groups is 2. The Morgan fingerprint density at radius 3 is 1.53 bits per heavy atom.